The fourth-order valence-corrected chi connectivity index (χ4v) is 3.16. The number of rotatable bonds is 3. The summed E-state index contributed by atoms with van der Waals surface area (Å²) in [7, 11) is 0. The summed E-state index contributed by atoms with van der Waals surface area (Å²) in [5.41, 5.74) is -4.27. The van der Waals surface area contributed by atoms with Crippen molar-refractivity contribution in [1.82, 2.24) is 0 Å². The van der Waals surface area contributed by atoms with Crippen LogP contribution in [0.25, 0.3) is 0 Å². The lowest BCUT2D eigenvalue weighted by molar-refractivity contribution is -0.166. The molecule has 0 aliphatic carbocycles. The first-order valence-electron chi connectivity index (χ1n) is 7.78. The van der Waals surface area contributed by atoms with Gasteiger partial charge in [-0.25, -0.2) is 8.78 Å². The highest BCUT2D eigenvalue weighted by Crippen LogP contribution is 2.52. The third-order valence-corrected chi connectivity index (χ3v) is 4.39. The van der Waals surface area contributed by atoms with Gasteiger partial charge in [-0.2, -0.15) is 13.2 Å². The Balaban J connectivity index is 2.46. The van der Waals surface area contributed by atoms with E-state index in [4.69, 9.17) is 0 Å². The highest BCUT2D eigenvalue weighted by Gasteiger charge is 2.58. The summed E-state index contributed by atoms with van der Waals surface area (Å²) < 4.78 is 71.5. The molecule has 3 aromatic rings. The van der Waals surface area contributed by atoms with Gasteiger partial charge < -0.3 is 10.2 Å². The van der Waals surface area contributed by atoms with Crippen LogP contribution in [0.5, 0.6) is 11.5 Å². The van der Waals surface area contributed by atoms with E-state index in [0.717, 1.165) is 24.3 Å². The largest absolute Gasteiger partial charge is 0.505 e. The van der Waals surface area contributed by atoms with Gasteiger partial charge in [-0.1, -0.05) is 42.5 Å². The monoisotopic (exact) mass is 380 g/mol. The normalized spacial score (nSPS) is 12.2. The molecule has 7 heteroatoms. The average Bonchev–Trinajstić information content (AvgIpc) is 2.61. The Kier molecular flexibility index (Phi) is 4.55. The molecule has 0 fully saturated rings. The zero-order valence-corrected chi connectivity index (χ0v) is 13.6. The van der Waals surface area contributed by atoms with Crippen LogP contribution in [0, 0.1) is 11.6 Å². The maximum Gasteiger partial charge on any atom is 0.406 e. The van der Waals surface area contributed by atoms with Crippen molar-refractivity contribution in [2.75, 3.05) is 0 Å². The number of hydrogen-bond acceptors (Lipinski definition) is 2. The number of alkyl halides is 3. The molecule has 0 unspecified atom stereocenters. The van der Waals surface area contributed by atoms with Crippen LogP contribution < -0.4 is 0 Å². The minimum absolute atomic E-state index is 0.271. The Morgan fingerprint density at radius 1 is 0.593 bits per heavy atom. The molecular formula is C20H13F5O2. The smallest absolute Gasteiger partial charge is 0.406 e. The van der Waals surface area contributed by atoms with E-state index in [1.807, 2.05) is 0 Å². The summed E-state index contributed by atoms with van der Waals surface area (Å²) in [4.78, 5) is 0. The molecule has 2 N–H and O–H groups in total. The van der Waals surface area contributed by atoms with Crippen molar-refractivity contribution in [2.24, 2.45) is 0 Å². The van der Waals surface area contributed by atoms with Crippen molar-refractivity contribution in [2.45, 2.75) is 11.6 Å². The summed E-state index contributed by atoms with van der Waals surface area (Å²) in [5.74, 6) is -4.09. The Morgan fingerprint density at radius 3 is 1.41 bits per heavy atom. The molecule has 0 saturated heterocycles. The molecular weight excluding hydrogens is 367 g/mol. The molecule has 0 heterocycles. The van der Waals surface area contributed by atoms with E-state index in [2.05, 4.69) is 0 Å². The molecule has 140 valence electrons. The second-order valence-electron chi connectivity index (χ2n) is 5.95. The Hall–Kier alpha value is -3.09. The summed E-state index contributed by atoms with van der Waals surface area (Å²) in [6, 6.07) is 11.3. The van der Waals surface area contributed by atoms with Gasteiger partial charge in [0.05, 0.1) is 0 Å². The molecule has 0 bridgehead atoms. The third-order valence-electron chi connectivity index (χ3n) is 4.39. The van der Waals surface area contributed by atoms with Gasteiger partial charge >= 0.3 is 6.18 Å². The molecule has 3 aromatic carbocycles. The van der Waals surface area contributed by atoms with Gasteiger partial charge in [-0.15, -0.1) is 0 Å². The van der Waals surface area contributed by atoms with Crippen molar-refractivity contribution in [3.05, 3.63) is 95.1 Å². The van der Waals surface area contributed by atoms with E-state index in [0.29, 0.717) is 12.1 Å². The van der Waals surface area contributed by atoms with Gasteiger partial charge in [0.1, 0.15) is 5.41 Å². The van der Waals surface area contributed by atoms with Crippen LogP contribution in [0.15, 0.2) is 66.7 Å². The van der Waals surface area contributed by atoms with E-state index >= 15 is 0 Å². The highest BCUT2D eigenvalue weighted by atomic mass is 19.4. The SMILES string of the molecule is Oc1ccc(C(c2ccccc2)(c2ccc(O)c(F)c2)C(F)(F)F)cc1F. The molecule has 0 aliphatic rings. The van der Waals surface area contributed by atoms with Crippen molar-refractivity contribution < 1.29 is 32.2 Å². The van der Waals surface area contributed by atoms with Gasteiger partial charge in [-0.3, -0.25) is 0 Å². The summed E-state index contributed by atoms with van der Waals surface area (Å²) in [6.07, 6.45) is -5.00. The van der Waals surface area contributed by atoms with Crippen molar-refractivity contribution in [3.8, 4) is 11.5 Å². The molecule has 0 atom stereocenters. The van der Waals surface area contributed by atoms with Crippen LogP contribution in [-0.4, -0.2) is 16.4 Å². The Bertz CT molecular complexity index is 916. The van der Waals surface area contributed by atoms with Crippen molar-refractivity contribution in [3.63, 3.8) is 0 Å². The Morgan fingerprint density at radius 2 is 1.04 bits per heavy atom. The number of benzene rings is 3. The molecule has 0 spiro atoms. The topological polar surface area (TPSA) is 40.5 Å². The third kappa shape index (κ3) is 2.99. The average molecular weight is 380 g/mol. The molecule has 0 saturated carbocycles. The molecule has 3 rings (SSSR count). The summed E-state index contributed by atoms with van der Waals surface area (Å²) in [6.45, 7) is 0. The zero-order chi connectivity index (χ0) is 19.8. The standard InChI is InChI=1S/C20H13F5O2/c21-15-10-13(6-8-17(15)26)19(20(23,24)25,12-4-2-1-3-5-12)14-7-9-18(27)16(22)11-14/h1-11,26-27H. The van der Waals surface area contributed by atoms with Crippen LogP contribution in [0.1, 0.15) is 16.7 Å². The first kappa shape index (κ1) is 18.7. The second-order valence-corrected chi connectivity index (χ2v) is 5.95. The molecule has 2 nitrogen and oxygen atoms in total. The van der Waals surface area contributed by atoms with Crippen LogP contribution >= 0.6 is 0 Å². The molecule has 0 amide bonds. The van der Waals surface area contributed by atoms with E-state index < -0.39 is 45.9 Å². The van der Waals surface area contributed by atoms with Crippen molar-refractivity contribution in [1.29, 1.82) is 0 Å². The predicted octanol–water partition coefficient (Wildman–Crippen LogP) is 5.27. The highest BCUT2D eigenvalue weighted by molar-refractivity contribution is 5.54. The van der Waals surface area contributed by atoms with Gasteiger partial charge in [0.15, 0.2) is 23.1 Å². The van der Waals surface area contributed by atoms with E-state index in [-0.39, 0.29) is 5.56 Å². The maximum absolute atomic E-state index is 14.5. The van der Waals surface area contributed by atoms with Gasteiger partial charge in [0.2, 0.25) is 0 Å². The van der Waals surface area contributed by atoms with Gasteiger partial charge in [-0.05, 0) is 41.0 Å². The van der Waals surface area contributed by atoms with Crippen LogP contribution in [0.4, 0.5) is 22.0 Å². The second kappa shape index (κ2) is 6.57. The van der Waals surface area contributed by atoms with Crippen LogP contribution in [0.2, 0.25) is 0 Å². The fourth-order valence-electron chi connectivity index (χ4n) is 3.16. The molecule has 27 heavy (non-hydrogen) atoms. The number of hydrogen-bond donors (Lipinski definition) is 2. The molecule has 0 aliphatic heterocycles. The predicted molar refractivity (Wildman–Crippen MR) is 88.5 cm³/mol. The fraction of sp³-hybridized carbons (Fsp3) is 0.100. The number of phenols is 2. The summed E-state index contributed by atoms with van der Waals surface area (Å²) >= 11 is 0. The van der Waals surface area contributed by atoms with E-state index in [9.17, 15) is 32.2 Å². The Labute approximate surface area is 151 Å². The first-order valence-corrected chi connectivity index (χ1v) is 7.78. The quantitative estimate of drug-likeness (QED) is 0.480. The molecule has 0 aromatic heterocycles. The van der Waals surface area contributed by atoms with Crippen molar-refractivity contribution >= 4 is 0 Å². The lowest BCUT2D eigenvalue weighted by Crippen LogP contribution is -2.44. The van der Waals surface area contributed by atoms with Gasteiger partial charge in [0.25, 0.3) is 0 Å². The number of aromatic hydroxyl groups is 2. The lowest BCUT2D eigenvalue weighted by atomic mass is 9.68. The number of phenolic OH excluding ortho intramolecular Hbond substituents is 2. The lowest BCUT2D eigenvalue weighted by Gasteiger charge is -2.37. The van der Waals surface area contributed by atoms with E-state index in [1.54, 1.807) is 0 Å². The van der Waals surface area contributed by atoms with E-state index in [1.165, 1.54) is 30.3 Å². The zero-order valence-electron chi connectivity index (χ0n) is 13.6. The summed E-state index contributed by atoms with van der Waals surface area (Å²) in [5, 5.41) is 18.8. The first-order chi connectivity index (χ1) is 12.7. The van der Waals surface area contributed by atoms with Gasteiger partial charge in [0, 0.05) is 0 Å². The van der Waals surface area contributed by atoms with Crippen LogP contribution in [0.3, 0.4) is 0 Å². The number of halogens is 5. The molecule has 0 radical (unpaired) electrons. The maximum atomic E-state index is 14.5. The minimum Gasteiger partial charge on any atom is -0.505 e. The van der Waals surface area contributed by atoms with Crippen LogP contribution in [-0.2, 0) is 5.41 Å². The minimum atomic E-state index is -5.00.